The first kappa shape index (κ1) is 13.3. The summed E-state index contributed by atoms with van der Waals surface area (Å²) in [5.41, 5.74) is 0.983. The van der Waals surface area contributed by atoms with Gasteiger partial charge in [0, 0.05) is 44.5 Å². The van der Waals surface area contributed by atoms with Crippen LogP contribution in [0.4, 0.5) is 0 Å². The number of rotatable bonds is 0. The van der Waals surface area contributed by atoms with E-state index in [2.05, 4.69) is 35.1 Å². The number of aliphatic imine (C=N–C) groups is 1. The Bertz CT molecular complexity index is 540. The van der Waals surface area contributed by atoms with Crippen LogP contribution in [0.15, 0.2) is 29.0 Å². The zero-order valence-electron chi connectivity index (χ0n) is 13.1. The Kier molecular flexibility index (Phi) is 2.91. The van der Waals surface area contributed by atoms with Gasteiger partial charge in [-0.3, -0.25) is 4.90 Å². The number of hydrogen-bond acceptors (Lipinski definition) is 5. The largest absolute Gasteiger partial charge is 0.341 e. The number of amidine groups is 1. The van der Waals surface area contributed by atoms with E-state index in [1.807, 2.05) is 19.0 Å². The predicted molar refractivity (Wildman–Crippen MR) is 82.4 cm³/mol. The maximum absolute atomic E-state index is 6.27. The Hall–Kier alpha value is -1.33. The van der Waals surface area contributed by atoms with Gasteiger partial charge in [-0.15, -0.1) is 0 Å². The molecule has 4 aliphatic heterocycles. The molecule has 4 unspecified atom stereocenters. The molecule has 0 aromatic rings. The fourth-order valence-electron chi connectivity index (χ4n) is 3.98. The first-order valence-corrected chi connectivity index (χ1v) is 7.96. The number of piperazine rings is 1. The summed E-state index contributed by atoms with van der Waals surface area (Å²) in [6.07, 6.45) is 9.97. The minimum atomic E-state index is -0.428. The molecule has 2 bridgehead atoms. The zero-order chi connectivity index (χ0) is 14.6. The molecule has 4 aliphatic rings. The number of allylic oxidation sites excluding steroid dienone is 2. The highest BCUT2D eigenvalue weighted by molar-refractivity contribution is 5.80. The van der Waals surface area contributed by atoms with Gasteiger partial charge in [-0.1, -0.05) is 12.2 Å². The third-order valence-electron chi connectivity index (χ3n) is 5.36. The first-order valence-electron chi connectivity index (χ1n) is 7.96. The van der Waals surface area contributed by atoms with Gasteiger partial charge in [0.05, 0.1) is 6.04 Å². The van der Waals surface area contributed by atoms with Gasteiger partial charge in [0.1, 0.15) is 5.84 Å². The van der Waals surface area contributed by atoms with E-state index in [1.165, 1.54) is 5.70 Å². The van der Waals surface area contributed by atoms with Crippen LogP contribution in [0.1, 0.15) is 33.1 Å². The lowest BCUT2D eigenvalue weighted by Crippen LogP contribution is -2.59. The highest BCUT2D eigenvalue weighted by Crippen LogP contribution is 2.42. The molecule has 4 atom stereocenters. The summed E-state index contributed by atoms with van der Waals surface area (Å²) in [4.78, 5) is 16.2. The van der Waals surface area contributed by atoms with Crippen molar-refractivity contribution in [3.63, 3.8) is 0 Å². The first-order chi connectivity index (χ1) is 10.1. The molecule has 0 aromatic carbocycles. The Morgan fingerprint density at radius 1 is 1.43 bits per heavy atom. The van der Waals surface area contributed by atoms with Crippen molar-refractivity contribution in [1.82, 2.24) is 14.9 Å². The van der Waals surface area contributed by atoms with Gasteiger partial charge >= 0.3 is 0 Å². The quantitative estimate of drug-likeness (QED) is 0.682. The van der Waals surface area contributed by atoms with Crippen molar-refractivity contribution in [2.24, 2.45) is 4.99 Å². The normalized spacial score (nSPS) is 41.8. The SMILES string of the molecule is CC1=NC2(CCC(C)N3CC4=CCC=CN4C2C3)ON1C. The second-order valence-corrected chi connectivity index (χ2v) is 6.65. The number of nitrogens with zero attached hydrogens (tertiary/aromatic N) is 4. The van der Waals surface area contributed by atoms with E-state index >= 15 is 0 Å². The van der Waals surface area contributed by atoms with Crippen LogP contribution in [0, 0.1) is 0 Å². The molecule has 5 nitrogen and oxygen atoms in total. The third-order valence-corrected chi connectivity index (χ3v) is 5.36. The van der Waals surface area contributed by atoms with Gasteiger partial charge in [0.25, 0.3) is 0 Å². The maximum atomic E-state index is 6.27. The van der Waals surface area contributed by atoms with E-state index in [1.54, 1.807) is 0 Å². The second-order valence-electron chi connectivity index (χ2n) is 6.65. The summed E-state index contributed by atoms with van der Waals surface area (Å²) >= 11 is 0. The number of fused-ring (bicyclic) bond motifs is 5. The van der Waals surface area contributed by atoms with Crippen molar-refractivity contribution < 1.29 is 4.84 Å². The van der Waals surface area contributed by atoms with E-state index in [-0.39, 0.29) is 6.04 Å². The molecule has 5 heteroatoms. The van der Waals surface area contributed by atoms with Crippen LogP contribution in [0.5, 0.6) is 0 Å². The fourth-order valence-corrected chi connectivity index (χ4v) is 3.98. The molecule has 4 heterocycles. The van der Waals surface area contributed by atoms with Crippen LogP contribution in [-0.2, 0) is 4.84 Å². The Morgan fingerprint density at radius 2 is 2.29 bits per heavy atom. The van der Waals surface area contributed by atoms with E-state index in [9.17, 15) is 0 Å². The lowest BCUT2D eigenvalue weighted by Gasteiger charge is -2.47. The highest BCUT2D eigenvalue weighted by Gasteiger charge is 2.53. The standard InChI is InChI=1S/C16H24N4O/c1-12-7-8-16(17-13(2)18(3)21-16)15-11-19(12)10-14-6-4-5-9-20(14)15/h5-6,9,12,15H,4,7-8,10-11H2,1-3H3. The average molecular weight is 288 g/mol. The summed E-state index contributed by atoms with van der Waals surface area (Å²) in [6, 6.07) is 0.852. The summed E-state index contributed by atoms with van der Waals surface area (Å²) in [5.74, 6) is 0.980. The van der Waals surface area contributed by atoms with Gasteiger partial charge < -0.3 is 4.90 Å². The van der Waals surface area contributed by atoms with Gasteiger partial charge in [0.2, 0.25) is 5.72 Å². The molecular formula is C16H24N4O. The highest BCUT2D eigenvalue weighted by atomic mass is 16.7. The summed E-state index contributed by atoms with van der Waals surface area (Å²) in [6.45, 7) is 6.44. The van der Waals surface area contributed by atoms with Crippen LogP contribution in [-0.4, -0.2) is 58.6 Å². The fraction of sp³-hybridized carbons (Fsp3) is 0.688. The molecule has 114 valence electrons. The van der Waals surface area contributed by atoms with Crippen LogP contribution in [0.3, 0.4) is 0 Å². The minimum absolute atomic E-state index is 0.263. The lowest BCUT2D eigenvalue weighted by molar-refractivity contribution is -0.194. The Balaban J connectivity index is 1.77. The van der Waals surface area contributed by atoms with Crippen LogP contribution in [0.25, 0.3) is 0 Å². The van der Waals surface area contributed by atoms with E-state index < -0.39 is 5.72 Å². The maximum Gasteiger partial charge on any atom is 0.209 e. The molecule has 0 amide bonds. The molecule has 0 aromatic heterocycles. The Labute approximate surface area is 126 Å². The zero-order valence-corrected chi connectivity index (χ0v) is 13.1. The van der Waals surface area contributed by atoms with Crippen molar-refractivity contribution in [1.29, 1.82) is 0 Å². The number of hydroxylamine groups is 2. The van der Waals surface area contributed by atoms with Crippen molar-refractivity contribution in [3.8, 4) is 0 Å². The molecule has 0 radical (unpaired) electrons. The van der Waals surface area contributed by atoms with Crippen LogP contribution >= 0.6 is 0 Å². The Morgan fingerprint density at radius 3 is 3.05 bits per heavy atom. The molecule has 4 rings (SSSR count). The van der Waals surface area contributed by atoms with Crippen molar-refractivity contribution >= 4 is 5.84 Å². The van der Waals surface area contributed by atoms with Crippen LogP contribution in [0.2, 0.25) is 0 Å². The molecule has 2 fully saturated rings. The molecule has 0 saturated carbocycles. The third kappa shape index (κ3) is 1.94. The number of hydrogen-bond donors (Lipinski definition) is 0. The summed E-state index contributed by atoms with van der Waals surface area (Å²) in [5, 5.41) is 1.84. The molecular weight excluding hydrogens is 264 g/mol. The van der Waals surface area contributed by atoms with E-state index in [0.717, 1.165) is 38.2 Å². The smallest absolute Gasteiger partial charge is 0.209 e. The van der Waals surface area contributed by atoms with Gasteiger partial charge in [-0.05, 0) is 26.7 Å². The second kappa shape index (κ2) is 4.58. The van der Waals surface area contributed by atoms with Crippen molar-refractivity contribution in [2.45, 2.75) is 50.9 Å². The molecule has 21 heavy (non-hydrogen) atoms. The summed E-state index contributed by atoms with van der Waals surface area (Å²) in [7, 11) is 1.96. The average Bonchev–Trinajstić information content (AvgIpc) is 2.74. The van der Waals surface area contributed by atoms with Gasteiger partial charge in [0.15, 0.2) is 0 Å². The molecule has 1 spiro atoms. The van der Waals surface area contributed by atoms with E-state index in [4.69, 9.17) is 9.83 Å². The van der Waals surface area contributed by atoms with Crippen molar-refractivity contribution in [3.05, 3.63) is 24.0 Å². The van der Waals surface area contributed by atoms with Crippen LogP contribution < -0.4 is 0 Å². The van der Waals surface area contributed by atoms with Gasteiger partial charge in [-0.25, -0.2) is 14.9 Å². The molecule has 0 aliphatic carbocycles. The van der Waals surface area contributed by atoms with Crippen molar-refractivity contribution in [2.75, 3.05) is 20.1 Å². The van der Waals surface area contributed by atoms with Gasteiger partial charge in [-0.2, -0.15) is 0 Å². The minimum Gasteiger partial charge on any atom is -0.341 e. The van der Waals surface area contributed by atoms with E-state index in [0.29, 0.717) is 6.04 Å². The topological polar surface area (TPSA) is 31.3 Å². The molecule has 2 saturated heterocycles. The predicted octanol–water partition coefficient (Wildman–Crippen LogP) is 1.95. The molecule has 0 N–H and O–H groups in total. The monoisotopic (exact) mass is 288 g/mol. The summed E-state index contributed by atoms with van der Waals surface area (Å²) < 4.78 is 0. The lowest BCUT2D eigenvalue weighted by atomic mass is 9.95.